The van der Waals surface area contributed by atoms with Crippen LogP contribution in [0.5, 0.6) is 17.2 Å². The lowest BCUT2D eigenvalue weighted by atomic mass is 9.87. The number of methoxy groups -OCH3 is 1. The van der Waals surface area contributed by atoms with Crippen LogP contribution in [0.15, 0.2) is 78.9 Å². The van der Waals surface area contributed by atoms with Gasteiger partial charge in [-0.25, -0.2) is 4.79 Å². The molecule has 0 radical (unpaired) electrons. The first kappa shape index (κ1) is 36.9. The first-order valence-corrected chi connectivity index (χ1v) is 16.8. The number of amides is 1. The van der Waals surface area contributed by atoms with Gasteiger partial charge in [0.1, 0.15) is 36.9 Å². The van der Waals surface area contributed by atoms with E-state index in [4.69, 9.17) is 46.9 Å². The molecule has 0 aliphatic carbocycles. The highest BCUT2D eigenvalue weighted by Gasteiger charge is 2.21. The van der Waals surface area contributed by atoms with Gasteiger partial charge in [-0.2, -0.15) is 0 Å². The van der Waals surface area contributed by atoms with Crippen LogP contribution in [0.3, 0.4) is 0 Å². The summed E-state index contributed by atoms with van der Waals surface area (Å²) >= 11 is 12.6. The Hall–Kier alpha value is -3.91. The molecule has 0 fully saturated rings. The van der Waals surface area contributed by atoms with Gasteiger partial charge in [-0.15, -0.1) is 0 Å². The fourth-order valence-electron chi connectivity index (χ4n) is 5.31. The number of hydrogen-bond acceptors (Lipinski definition) is 6. The van der Waals surface area contributed by atoms with Crippen molar-refractivity contribution in [1.82, 2.24) is 5.32 Å². The molecule has 1 N–H and O–H groups in total. The number of para-hydroxylation sites is 1. The van der Waals surface area contributed by atoms with Crippen molar-refractivity contribution in [1.29, 1.82) is 0 Å². The van der Waals surface area contributed by atoms with Crippen molar-refractivity contribution in [3.63, 3.8) is 0 Å². The smallest absolute Gasteiger partial charge is 0.407 e. The van der Waals surface area contributed by atoms with E-state index in [1.54, 1.807) is 7.11 Å². The van der Waals surface area contributed by atoms with E-state index >= 15 is 0 Å². The highest BCUT2D eigenvalue weighted by Crippen LogP contribution is 2.35. The number of aryl methyl sites for hydroxylation is 2. The van der Waals surface area contributed by atoms with E-state index in [0.29, 0.717) is 55.2 Å². The Kier molecular flexibility index (Phi) is 13.4. The molecule has 0 aliphatic rings. The van der Waals surface area contributed by atoms with Gasteiger partial charge in [0.15, 0.2) is 5.75 Å². The van der Waals surface area contributed by atoms with Crippen LogP contribution < -0.4 is 19.5 Å². The molecule has 1 atom stereocenters. The summed E-state index contributed by atoms with van der Waals surface area (Å²) in [6, 6.07) is 26.0. The number of carbonyl (C=O) groups is 1. The minimum Gasteiger partial charge on any atom is -0.491 e. The molecule has 1 amide bonds. The van der Waals surface area contributed by atoms with E-state index in [9.17, 15) is 4.79 Å². The zero-order valence-electron chi connectivity index (χ0n) is 28.5. The van der Waals surface area contributed by atoms with Crippen LogP contribution in [0.25, 0.3) is 11.1 Å². The van der Waals surface area contributed by atoms with Crippen molar-refractivity contribution >= 4 is 29.3 Å². The standard InChI is InChI=1S/C39H45Cl2NO6/c1-26-21-34(40)37(35(41)22-26)47-20-19-45-31-14-11-28(12-15-31)24-30(25-42-38(43)48-39(3,4)5)32-16-13-29(23-27(32)2)33-9-7-8-10-36(33)46-18-17-44-6/h7-16,21-23,30H,17-20,24-25H2,1-6H3,(H,42,43). The summed E-state index contributed by atoms with van der Waals surface area (Å²) in [5.74, 6) is 1.97. The molecule has 0 aliphatic heterocycles. The van der Waals surface area contributed by atoms with E-state index in [1.807, 2.05) is 82.3 Å². The van der Waals surface area contributed by atoms with Crippen LogP contribution in [0.2, 0.25) is 10.0 Å². The number of benzene rings is 4. The Balaban J connectivity index is 1.46. The average Bonchev–Trinajstić information content (AvgIpc) is 3.02. The monoisotopic (exact) mass is 693 g/mol. The number of halogens is 2. The number of hydrogen-bond donors (Lipinski definition) is 1. The van der Waals surface area contributed by atoms with Crippen LogP contribution in [-0.4, -0.2) is 51.8 Å². The Bertz CT molecular complexity index is 1630. The first-order valence-electron chi connectivity index (χ1n) is 16.0. The predicted molar refractivity (Wildman–Crippen MR) is 193 cm³/mol. The maximum absolute atomic E-state index is 12.6. The Morgan fingerprint density at radius 2 is 1.48 bits per heavy atom. The zero-order valence-corrected chi connectivity index (χ0v) is 30.0. The van der Waals surface area contributed by atoms with E-state index < -0.39 is 11.7 Å². The van der Waals surface area contributed by atoms with Gasteiger partial charge >= 0.3 is 6.09 Å². The Morgan fingerprint density at radius 3 is 2.15 bits per heavy atom. The van der Waals surface area contributed by atoms with Gasteiger partial charge < -0.3 is 29.0 Å². The third-order valence-electron chi connectivity index (χ3n) is 7.49. The summed E-state index contributed by atoms with van der Waals surface area (Å²) in [7, 11) is 1.66. The number of alkyl carbamates (subject to hydrolysis) is 1. The number of rotatable bonds is 15. The van der Waals surface area contributed by atoms with Crippen molar-refractivity contribution in [2.24, 2.45) is 0 Å². The van der Waals surface area contributed by atoms with E-state index in [1.165, 1.54) is 0 Å². The molecule has 7 nitrogen and oxygen atoms in total. The number of nitrogens with one attached hydrogen (secondary N) is 1. The summed E-state index contributed by atoms with van der Waals surface area (Å²) in [4.78, 5) is 12.6. The molecule has 256 valence electrons. The predicted octanol–water partition coefficient (Wildman–Crippen LogP) is 9.61. The lowest BCUT2D eigenvalue weighted by molar-refractivity contribution is 0.0524. The molecular formula is C39H45Cl2NO6. The molecule has 4 aromatic carbocycles. The highest BCUT2D eigenvalue weighted by molar-refractivity contribution is 6.37. The summed E-state index contributed by atoms with van der Waals surface area (Å²) in [6.07, 6.45) is 0.253. The van der Waals surface area contributed by atoms with Gasteiger partial charge in [-0.1, -0.05) is 71.7 Å². The van der Waals surface area contributed by atoms with Crippen LogP contribution in [0, 0.1) is 13.8 Å². The lowest BCUT2D eigenvalue weighted by Gasteiger charge is -2.24. The fraction of sp³-hybridized carbons (Fsp3) is 0.359. The molecule has 9 heteroatoms. The van der Waals surface area contributed by atoms with Crippen molar-refractivity contribution < 1.29 is 28.5 Å². The van der Waals surface area contributed by atoms with Gasteiger partial charge in [0.05, 0.1) is 16.7 Å². The van der Waals surface area contributed by atoms with Crippen LogP contribution in [-0.2, 0) is 15.9 Å². The van der Waals surface area contributed by atoms with Gasteiger partial charge in [0.2, 0.25) is 0 Å². The molecule has 0 aromatic heterocycles. The third kappa shape index (κ3) is 11.1. The van der Waals surface area contributed by atoms with Crippen LogP contribution in [0.4, 0.5) is 4.79 Å². The molecule has 4 aromatic rings. The second-order valence-corrected chi connectivity index (χ2v) is 13.4. The van der Waals surface area contributed by atoms with Crippen LogP contribution in [0.1, 0.15) is 48.9 Å². The van der Waals surface area contributed by atoms with Crippen molar-refractivity contribution in [2.75, 3.05) is 40.1 Å². The van der Waals surface area contributed by atoms with Gasteiger partial charge in [0.25, 0.3) is 0 Å². The van der Waals surface area contributed by atoms with Gasteiger partial charge in [-0.3, -0.25) is 0 Å². The second-order valence-electron chi connectivity index (χ2n) is 12.6. The van der Waals surface area contributed by atoms with Gasteiger partial charge in [-0.05, 0) is 99.2 Å². The minimum absolute atomic E-state index is 0.0102. The van der Waals surface area contributed by atoms with Crippen LogP contribution >= 0.6 is 23.2 Å². The zero-order chi connectivity index (χ0) is 34.7. The molecule has 0 saturated carbocycles. The van der Waals surface area contributed by atoms with Crippen molar-refractivity contribution in [2.45, 2.75) is 52.6 Å². The molecule has 0 heterocycles. The van der Waals surface area contributed by atoms with Gasteiger partial charge in [0, 0.05) is 25.1 Å². The molecule has 0 saturated heterocycles. The number of carbonyl (C=O) groups excluding carboxylic acids is 1. The topological polar surface area (TPSA) is 75.3 Å². The quantitative estimate of drug-likeness (QED) is 0.125. The molecule has 0 bridgehead atoms. The third-order valence-corrected chi connectivity index (χ3v) is 8.05. The molecular weight excluding hydrogens is 649 g/mol. The fourth-order valence-corrected chi connectivity index (χ4v) is 6.02. The lowest BCUT2D eigenvalue weighted by Crippen LogP contribution is -2.35. The highest BCUT2D eigenvalue weighted by atomic mass is 35.5. The maximum atomic E-state index is 12.6. The van der Waals surface area contributed by atoms with E-state index in [-0.39, 0.29) is 5.92 Å². The summed E-state index contributed by atoms with van der Waals surface area (Å²) in [6.45, 7) is 11.6. The minimum atomic E-state index is -0.588. The number of ether oxygens (including phenoxy) is 5. The summed E-state index contributed by atoms with van der Waals surface area (Å²) in [5, 5.41) is 3.94. The molecule has 4 rings (SSSR count). The summed E-state index contributed by atoms with van der Waals surface area (Å²) in [5.41, 5.74) is 5.80. The average molecular weight is 695 g/mol. The first-order chi connectivity index (χ1) is 22.9. The largest absolute Gasteiger partial charge is 0.491 e. The molecule has 48 heavy (non-hydrogen) atoms. The van der Waals surface area contributed by atoms with Crippen molar-refractivity contribution in [3.8, 4) is 28.4 Å². The van der Waals surface area contributed by atoms with E-state index in [0.717, 1.165) is 44.9 Å². The molecule has 1 unspecified atom stereocenters. The Labute approximate surface area is 294 Å². The normalized spacial score (nSPS) is 11.9. The second kappa shape index (κ2) is 17.5. The molecule has 0 spiro atoms. The maximum Gasteiger partial charge on any atom is 0.407 e. The van der Waals surface area contributed by atoms with Crippen molar-refractivity contribution in [3.05, 3.63) is 111 Å². The SMILES string of the molecule is COCCOc1ccccc1-c1ccc(C(CNC(=O)OC(C)(C)C)Cc2ccc(OCCOc3c(Cl)cc(C)cc3Cl)cc2)c(C)c1. The van der Waals surface area contributed by atoms with E-state index in [2.05, 4.69) is 36.5 Å². The summed E-state index contributed by atoms with van der Waals surface area (Å²) < 4.78 is 28.4. The Morgan fingerprint density at radius 1 is 0.812 bits per heavy atom.